The summed E-state index contributed by atoms with van der Waals surface area (Å²) in [6, 6.07) is 6.97. The largest absolute Gasteiger partial charge is 0.378 e. The van der Waals surface area contributed by atoms with Crippen LogP contribution < -0.4 is 5.32 Å². The third kappa shape index (κ3) is 3.18. The molecular formula is C16H23F2NO. The Kier molecular flexibility index (Phi) is 4.76. The van der Waals surface area contributed by atoms with Crippen molar-refractivity contribution in [3.05, 3.63) is 35.4 Å². The highest BCUT2D eigenvalue weighted by molar-refractivity contribution is 5.24. The SMILES string of the molecule is CCOC1CC(NCc2cccc(C(F)F)c2)C1(C)C. The van der Waals surface area contributed by atoms with E-state index in [4.69, 9.17) is 4.74 Å². The molecule has 1 aliphatic carbocycles. The summed E-state index contributed by atoms with van der Waals surface area (Å²) in [5, 5.41) is 3.46. The molecule has 2 nitrogen and oxygen atoms in total. The molecule has 0 spiro atoms. The molecule has 0 aliphatic heterocycles. The molecule has 112 valence electrons. The van der Waals surface area contributed by atoms with Gasteiger partial charge in [0, 0.05) is 30.2 Å². The molecule has 2 atom stereocenters. The molecule has 0 aromatic heterocycles. The van der Waals surface area contributed by atoms with Gasteiger partial charge in [-0.15, -0.1) is 0 Å². The first-order chi connectivity index (χ1) is 9.45. The topological polar surface area (TPSA) is 21.3 Å². The van der Waals surface area contributed by atoms with E-state index in [2.05, 4.69) is 19.2 Å². The standard InChI is InChI=1S/C16H23F2NO/c1-4-20-14-9-13(16(14,2)3)19-10-11-6-5-7-12(8-11)15(17)18/h5-8,13-15,19H,4,9-10H2,1-3H3. The second kappa shape index (κ2) is 6.19. The maximum absolute atomic E-state index is 12.6. The van der Waals surface area contributed by atoms with Gasteiger partial charge in [0.05, 0.1) is 6.10 Å². The van der Waals surface area contributed by atoms with Crippen LogP contribution in [0.3, 0.4) is 0 Å². The van der Waals surface area contributed by atoms with E-state index in [1.807, 2.05) is 13.0 Å². The minimum absolute atomic E-state index is 0.0874. The number of alkyl halides is 2. The second-order valence-corrected chi connectivity index (χ2v) is 5.98. The number of hydrogen-bond acceptors (Lipinski definition) is 2. The average molecular weight is 283 g/mol. The van der Waals surface area contributed by atoms with E-state index in [1.165, 1.54) is 6.07 Å². The summed E-state index contributed by atoms with van der Waals surface area (Å²) in [5.41, 5.74) is 1.08. The molecule has 0 radical (unpaired) electrons. The molecule has 4 heteroatoms. The predicted octanol–water partition coefficient (Wildman–Crippen LogP) is 3.92. The first-order valence-corrected chi connectivity index (χ1v) is 7.17. The Hall–Kier alpha value is -1.00. The summed E-state index contributed by atoms with van der Waals surface area (Å²) in [4.78, 5) is 0. The van der Waals surface area contributed by atoms with Gasteiger partial charge >= 0.3 is 0 Å². The van der Waals surface area contributed by atoms with E-state index < -0.39 is 6.43 Å². The first kappa shape index (κ1) is 15.4. The van der Waals surface area contributed by atoms with Gasteiger partial charge in [-0.25, -0.2) is 8.78 Å². The molecule has 0 amide bonds. The lowest BCUT2D eigenvalue weighted by atomic mass is 9.64. The Morgan fingerprint density at radius 2 is 2.15 bits per heavy atom. The van der Waals surface area contributed by atoms with E-state index >= 15 is 0 Å². The molecule has 1 aromatic carbocycles. The van der Waals surface area contributed by atoms with Crippen LogP contribution in [0.15, 0.2) is 24.3 Å². The second-order valence-electron chi connectivity index (χ2n) is 5.98. The highest BCUT2D eigenvalue weighted by Crippen LogP contribution is 2.42. The van der Waals surface area contributed by atoms with Crippen LogP contribution in [0.2, 0.25) is 0 Å². The molecule has 20 heavy (non-hydrogen) atoms. The number of halogens is 2. The minimum atomic E-state index is -2.41. The van der Waals surface area contributed by atoms with Gasteiger partial charge in [-0.1, -0.05) is 32.0 Å². The Balaban J connectivity index is 1.89. The van der Waals surface area contributed by atoms with Crippen LogP contribution in [0.1, 0.15) is 44.7 Å². The smallest absolute Gasteiger partial charge is 0.263 e. The number of ether oxygens (including phenoxy) is 1. The molecule has 1 aliphatic rings. The number of benzene rings is 1. The minimum Gasteiger partial charge on any atom is -0.378 e. The fourth-order valence-corrected chi connectivity index (χ4v) is 2.80. The summed E-state index contributed by atoms with van der Waals surface area (Å²) in [5.74, 6) is 0. The summed E-state index contributed by atoms with van der Waals surface area (Å²) in [7, 11) is 0. The zero-order chi connectivity index (χ0) is 14.8. The molecule has 1 N–H and O–H groups in total. The van der Waals surface area contributed by atoms with Crippen LogP contribution in [0.4, 0.5) is 8.78 Å². The van der Waals surface area contributed by atoms with E-state index in [-0.39, 0.29) is 17.1 Å². The maximum atomic E-state index is 12.6. The molecule has 0 saturated heterocycles. The van der Waals surface area contributed by atoms with Gasteiger partial charge in [0.15, 0.2) is 0 Å². The molecule has 1 aromatic rings. The Morgan fingerprint density at radius 3 is 2.75 bits per heavy atom. The van der Waals surface area contributed by atoms with Crippen molar-refractivity contribution < 1.29 is 13.5 Å². The van der Waals surface area contributed by atoms with Gasteiger partial charge in [0.2, 0.25) is 0 Å². The van der Waals surface area contributed by atoms with Crippen molar-refractivity contribution in [2.24, 2.45) is 5.41 Å². The Morgan fingerprint density at radius 1 is 1.40 bits per heavy atom. The van der Waals surface area contributed by atoms with E-state index in [1.54, 1.807) is 12.1 Å². The molecule has 1 saturated carbocycles. The maximum Gasteiger partial charge on any atom is 0.263 e. The van der Waals surface area contributed by atoms with Gasteiger partial charge in [-0.2, -0.15) is 0 Å². The van der Waals surface area contributed by atoms with Crippen LogP contribution >= 0.6 is 0 Å². The zero-order valence-electron chi connectivity index (χ0n) is 12.3. The number of hydrogen-bond donors (Lipinski definition) is 1. The Bertz CT molecular complexity index is 448. The molecular weight excluding hydrogens is 260 g/mol. The molecule has 2 rings (SSSR count). The fourth-order valence-electron chi connectivity index (χ4n) is 2.80. The fraction of sp³-hybridized carbons (Fsp3) is 0.625. The van der Waals surface area contributed by atoms with Crippen molar-refractivity contribution in [1.29, 1.82) is 0 Å². The monoisotopic (exact) mass is 283 g/mol. The third-order valence-electron chi connectivity index (χ3n) is 4.30. The summed E-state index contributed by atoms with van der Waals surface area (Å²) in [6.07, 6.45) is -1.13. The first-order valence-electron chi connectivity index (χ1n) is 7.17. The van der Waals surface area contributed by atoms with Crippen LogP contribution in [-0.2, 0) is 11.3 Å². The van der Waals surface area contributed by atoms with Crippen LogP contribution in [0.5, 0.6) is 0 Å². The van der Waals surface area contributed by atoms with Crippen molar-refractivity contribution in [2.75, 3.05) is 6.61 Å². The van der Waals surface area contributed by atoms with Gasteiger partial charge < -0.3 is 10.1 Å². The van der Waals surface area contributed by atoms with Crippen molar-refractivity contribution >= 4 is 0 Å². The van der Waals surface area contributed by atoms with Gasteiger partial charge in [-0.05, 0) is 25.0 Å². The van der Waals surface area contributed by atoms with Gasteiger partial charge in [0.1, 0.15) is 0 Å². The molecule has 2 unspecified atom stereocenters. The van der Waals surface area contributed by atoms with Gasteiger partial charge in [0.25, 0.3) is 6.43 Å². The molecule has 0 bridgehead atoms. The van der Waals surface area contributed by atoms with E-state index in [9.17, 15) is 8.78 Å². The normalized spacial score (nSPS) is 24.7. The summed E-state index contributed by atoms with van der Waals surface area (Å²) in [6.45, 7) is 7.73. The number of rotatable bonds is 6. The summed E-state index contributed by atoms with van der Waals surface area (Å²) < 4.78 is 31.0. The lowest BCUT2D eigenvalue weighted by Gasteiger charge is -2.52. The van der Waals surface area contributed by atoms with Crippen LogP contribution in [0, 0.1) is 5.41 Å². The predicted molar refractivity (Wildman–Crippen MR) is 75.8 cm³/mol. The van der Waals surface area contributed by atoms with Crippen LogP contribution in [-0.4, -0.2) is 18.8 Å². The van der Waals surface area contributed by atoms with Crippen LogP contribution in [0.25, 0.3) is 0 Å². The lowest BCUT2D eigenvalue weighted by molar-refractivity contribution is -0.114. The third-order valence-corrected chi connectivity index (χ3v) is 4.30. The highest BCUT2D eigenvalue weighted by Gasteiger charge is 2.48. The molecule has 0 heterocycles. The van der Waals surface area contributed by atoms with Crippen molar-refractivity contribution in [3.8, 4) is 0 Å². The van der Waals surface area contributed by atoms with Crippen molar-refractivity contribution in [1.82, 2.24) is 5.32 Å². The van der Waals surface area contributed by atoms with Gasteiger partial charge in [-0.3, -0.25) is 0 Å². The average Bonchev–Trinajstić information content (AvgIpc) is 2.42. The summed E-state index contributed by atoms with van der Waals surface area (Å²) >= 11 is 0. The number of nitrogens with one attached hydrogen (secondary N) is 1. The lowest BCUT2D eigenvalue weighted by Crippen LogP contribution is -2.60. The van der Waals surface area contributed by atoms with Crippen molar-refractivity contribution in [3.63, 3.8) is 0 Å². The van der Waals surface area contributed by atoms with E-state index in [0.717, 1.165) is 18.6 Å². The quantitative estimate of drug-likeness (QED) is 0.854. The highest BCUT2D eigenvalue weighted by atomic mass is 19.3. The van der Waals surface area contributed by atoms with Crippen molar-refractivity contribution in [2.45, 2.75) is 52.3 Å². The Labute approximate surface area is 119 Å². The van der Waals surface area contributed by atoms with E-state index in [0.29, 0.717) is 12.6 Å². The molecule has 1 fully saturated rings. The zero-order valence-corrected chi connectivity index (χ0v) is 12.3.